The van der Waals surface area contributed by atoms with Crippen LogP contribution in [-0.4, -0.2) is 25.9 Å². The van der Waals surface area contributed by atoms with Gasteiger partial charge in [-0.05, 0) is 38.0 Å². The third-order valence-corrected chi connectivity index (χ3v) is 2.88. The quantitative estimate of drug-likeness (QED) is 0.553. The molecule has 1 saturated carbocycles. The van der Waals surface area contributed by atoms with Gasteiger partial charge < -0.3 is 9.47 Å². The highest BCUT2D eigenvalue weighted by Crippen LogP contribution is 2.28. The van der Waals surface area contributed by atoms with E-state index in [0.29, 0.717) is 6.10 Å². The first-order valence-corrected chi connectivity index (χ1v) is 5.14. The topological polar surface area (TPSA) is 18.5 Å². The van der Waals surface area contributed by atoms with Gasteiger partial charge in [0.05, 0.1) is 6.10 Å². The fraction of sp³-hybridized carbons (Fsp3) is 1.00. The fourth-order valence-electron chi connectivity index (χ4n) is 2.14. The Balaban J connectivity index is 1.82. The Kier molecular flexibility index (Phi) is 3.01. The van der Waals surface area contributed by atoms with Crippen LogP contribution >= 0.6 is 0 Å². The highest BCUT2D eigenvalue weighted by molar-refractivity contribution is 4.76. The van der Waals surface area contributed by atoms with E-state index in [1.807, 2.05) is 0 Å². The zero-order chi connectivity index (χ0) is 8.23. The number of rotatable bonds is 0. The molecule has 70 valence electrons. The molecule has 0 radical (unpaired) electrons. The van der Waals surface area contributed by atoms with Gasteiger partial charge in [-0.1, -0.05) is 0 Å². The second-order valence-corrected chi connectivity index (χ2v) is 3.95. The third-order valence-electron chi connectivity index (χ3n) is 2.88. The number of hydrogen-bond acceptors (Lipinski definition) is 2. The van der Waals surface area contributed by atoms with Crippen molar-refractivity contribution in [1.82, 2.24) is 0 Å². The van der Waals surface area contributed by atoms with Crippen molar-refractivity contribution in [1.29, 1.82) is 0 Å². The summed E-state index contributed by atoms with van der Waals surface area (Å²) in [6.07, 6.45) is 6.69. The lowest BCUT2D eigenvalue weighted by molar-refractivity contribution is 0.0276. The highest BCUT2D eigenvalue weighted by atomic mass is 16.5. The molecule has 0 amide bonds. The Labute approximate surface area is 74.2 Å². The summed E-state index contributed by atoms with van der Waals surface area (Å²) in [6.45, 7) is 2.85. The van der Waals surface area contributed by atoms with Crippen LogP contribution in [0.1, 0.15) is 32.1 Å². The van der Waals surface area contributed by atoms with Gasteiger partial charge in [-0.25, -0.2) is 0 Å². The van der Waals surface area contributed by atoms with Crippen LogP contribution in [-0.2, 0) is 9.47 Å². The van der Waals surface area contributed by atoms with Crippen molar-refractivity contribution >= 4 is 0 Å². The van der Waals surface area contributed by atoms with Gasteiger partial charge >= 0.3 is 0 Å². The fourth-order valence-corrected chi connectivity index (χ4v) is 2.14. The monoisotopic (exact) mass is 170 g/mol. The van der Waals surface area contributed by atoms with Gasteiger partial charge in [0.2, 0.25) is 0 Å². The molecule has 1 aliphatic carbocycles. The van der Waals surface area contributed by atoms with Crippen LogP contribution in [0.2, 0.25) is 0 Å². The van der Waals surface area contributed by atoms with Crippen molar-refractivity contribution < 1.29 is 9.47 Å². The highest BCUT2D eigenvalue weighted by Gasteiger charge is 2.25. The molecule has 2 nitrogen and oxygen atoms in total. The lowest BCUT2D eigenvalue weighted by atomic mass is 10.1. The standard InChI is InChI=1S/C10H18O2/c1-2-6-12-10-4-3-9(7-10)8-11-5-1/h9-10H,1-8H2/t9-,10+/m1/s1. The second kappa shape index (κ2) is 4.24. The predicted octanol–water partition coefficient (Wildman–Crippen LogP) is 1.98. The molecule has 0 spiro atoms. The summed E-state index contributed by atoms with van der Waals surface area (Å²) in [5.41, 5.74) is 0. The lowest BCUT2D eigenvalue weighted by Gasteiger charge is -2.15. The lowest BCUT2D eigenvalue weighted by Crippen LogP contribution is -2.14. The van der Waals surface area contributed by atoms with Crippen molar-refractivity contribution in [2.45, 2.75) is 38.2 Å². The smallest absolute Gasteiger partial charge is 0.0578 e. The second-order valence-electron chi connectivity index (χ2n) is 3.95. The Hall–Kier alpha value is -0.0800. The number of hydrogen-bond donors (Lipinski definition) is 0. The molecule has 0 N–H and O–H groups in total. The Morgan fingerprint density at radius 1 is 1.00 bits per heavy atom. The Bertz CT molecular complexity index is 122. The summed E-state index contributed by atoms with van der Waals surface area (Å²) in [5, 5.41) is 0. The molecular weight excluding hydrogens is 152 g/mol. The van der Waals surface area contributed by atoms with Crippen LogP contribution < -0.4 is 0 Å². The normalized spacial score (nSPS) is 38.0. The average Bonchev–Trinajstić information content (AvgIpc) is 2.51. The molecular formula is C10H18O2. The molecule has 12 heavy (non-hydrogen) atoms. The Morgan fingerprint density at radius 3 is 2.92 bits per heavy atom. The van der Waals surface area contributed by atoms with Crippen molar-refractivity contribution in [3.05, 3.63) is 0 Å². The minimum absolute atomic E-state index is 0.552. The first-order valence-electron chi connectivity index (χ1n) is 5.14. The van der Waals surface area contributed by atoms with Gasteiger partial charge in [-0.15, -0.1) is 0 Å². The molecule has 0 aromatic rings. The maximum absolute atomic E-state index is 5.75. The molecule has 2 fully saturated rings. The first-order chi connectivity index (χ1) is 5.95. The van der Waals surface area contributed by atoms with Crippen LogP contribution in [0.5, 0.6) is 0 Å². The van der Waals surface area contributed by atoms with Crippen molar-refractivity contribution in [2.75, 3.05) is 19.8 Å². The summed E-state index contributed by atoms with van der Waals surface area (Å²) in [5.74, 6) is 0.785. The minimum atomic E-state index is 0.552. The van der Waals surface area contributed by atoms with E-state index in [-0.39, 0.29) is 0 Å². The van der Waals surface area contributed by atoms with E-state index in [1.165, 1.54) is 32.1 Å². The van der Waals surface area contributed by atoms with E-state index >= 15 is 0 Å². The van der Waals surface area contributed by atoms with Gasteiger partial charge in [0, 0.05) is 19.8 Å². The average molecular weight is 170 g/mol. The van der Waals surface area contributed by atoms with Crippen molar-refractivity contribution in [3.8, 4) is 0 Å². The van der Waals surface area contributed by atoms with E-state index < -0.39 is 0 Å². The van der Waals surface area contributed by atoms with E-state index in [2.05, 4.69) is 0 Å². The van der Waals surface area contributed by atoms with Gasteiger partial charge in [-0.2, -0.15) is 0 Å². The van der Waals surface area contributed by atoms with Crippen LogP contribution in [0, 0.1) is 5.92 Å². The zero-order valence-corrected chi connectivity index (χ0v) is 7.63. The summed E-state index contributed by atoms with van der Waals surface area (Å²) in [6, 6.07) is 0. The molecule has 2 bridgehead atoms. The molecule has 0 aromatic heterocycles. The van der Waals surface area contributed by atoms with Gasteiger partial charge in [0.1, 0.15) is 0 Å². The van der Waals surface area contributed by atoms with E-state index in [4.69, 9.17) is 9.47 Å². The van der Waals surface area contributed by atoms with Crippen LogP contribution in [0.25, 0.3) is 0 Å². The molecule has 1 saturated heterocycles. The molecule has 1 heterocycles. The molecule has 2 heteroatoms. The molecule has 0 unspecified atom stereocenters. The van der Waals surface area contributed by atoms with Crippen molar-refractivity contribution in [2.24, 2.45) is 5.92 Å². The summed E-state index contributed by atoms with van der Waals surface area (Å²) in [4.78, 5) is 0. The van der Waals surface area contributed by atoms with Gasteiger partial charge in [0.15, 0.2) is 0 Å². The largest absolute Gasteiger partial charge is 0.381 e. The summed E-state index contributed by atoms with van der Waals surface area (Å²) in [7, 11) is 0. The Morgan fingerprint density at radius 2 is 1.92 bits per heavy atom. The first kappa shape index (κ1) is 8.52. The molecule has 2 aliphatic rings. The maximum atomic E-state index is 5.75. The van der Waals surface area contributed by atoms with E-state index in [9.17, 15) is 0 Å². The summed E-state index contributed by atoms with van der Waals surface area (Å²) >= 11 is 0. The molecule has 0 aromatic carbocycles. The van der Waals surface area contributed by atoms with Gasteiger partial charge in [0.25, 0.3) is 0 Å². The van der Waals surface area contributed by atoms with Crippen LogP contribution in [0.3, 0.4) is 0 Å². The SMILES string of the molecule is C1CCO[C@H]2CC[C@@H](COC1)C2. The van der Waals surface area contributed by atoms with E-state index in [1.54, 1.807) is 0 Å². The zero-order valence-electron chi connectivity index (χ0n) is 7.63. The molecule has 2 rings (SSSR count). The number of fused-ring (bicyclic) bond motifs is 2. The van der Waals surface area contributed by atoms with Gasteiger partial charge in [-0.3, -0.25) is 0 Å². The van der Waals surface area contributed by atoms with Crippen LogP contribution in [0.4, 0.5) is 0 Å². The number of ether oxygens (including phenoxy) is 2. The van der Waals surface area contributed by atoms with E-state index in [0.717, 1.165) is 25.7 Å². The summed E-state index contributed by atoms with van der Waals surface area (Å²) < 4.78 is 11.3. The van der Waals surface area contributed by atoms with Crippen molar-refractivity contribution in [3.63, 3.8) is 0 Å². The minimum Gasteiger partial charge on any atom is -0.381 e. The maximum Gasteiger partial charge on any atom is 0.0578 e. The predicted molar refractivity (Wildman–Crippen MR) is 47.1 cm³/mol. The molecule has 1 aliphatic heterocycles. The third kappa shape index (κ3) is 2.20. The molecule has 2 atom stereocenters. The van der Waals surface area contributed by atoms with Crippen LogP contribution in [0.15, 0.2) is 0 Å².